The van der Waals surface area contributed by atoms with Crippen LogP contribution in [0.25, 0.3) is 0 Å². The first kappa shape index (κ1) is 21.0. The number of anilines is 1. The summed E-state index contributed by atoms with van der Waals surface area (Å²) in [4.78, 5) is 28.8. The van der Waals surface area contributed by atoms with Crippen molar-refractivity contribution in [1.29, 1.82) is 0 Å². The van der Waals surface area contributed by atoms with E-state index in [1.807, 2.05) is 6.07 Å². The van der Waals surface area contributed by atoms with E-state index in [0.717, 1.165) is 37.3 Å². The van der Waals surface area contributed by atoms with E-state index in [0.29, 0.717) is 24.5 Å². The van der Waals surface area contributed by atoms with E-state index in [-0.39, 0.29) is 13.3 Å². The molecule has 2 aliphatic heterocycles. The Labute approximate surface area is 182 Å². The molecule has 0 bridgehead atoms. The molecule has 1 fully saturated rings. The van der Waals surface area contributed by atoms with Crippen molar-refractivity contribution in [2.24, 2.45) is 0 Å². The van der Waals surface area contributed by atoms with Crippen LogP contribution in [0, 0.1) is 0 Å². The predicted octanol–water partition coefficient (Wildman–Crippen LogP) is 1.14. The summed E-state index contributed by atoms with van der Waals surface area (Å²) >= 11 is 0. The second-order valence-corrected chi connectivity index (χ2v) is 7.83. The number of amides is 2. The number of hydrogen-bond acceptors (Lipinski definition) is 6. The summed E-state index contributed by atoms with van der Waals surface area (Å²) in [7, 11) is 2.15. The van der Waals surface area contributed by atoms with Crippen molar-refractivity contribution < 1.29 is 19.1 Å². The van der Waals surface area contributed by atoms with Gasteiger partial charge in [0.15, 0.2) is 11.5 Å². The average Bonchev–Trinajstić information content (AvgIpc) is 3.26. The quantitative estimate of drug-likeness (QED) is 0.677. The van der Waals surface area contributed by atoms with Crippen LogP contribution in [0.1, 0.15) is 11.1 Å². The van der Waals surface area contributed by atoms with Crippen LogP contribution in [0.2, 0.25) is 0 Å². The topological polar surface area (TPSA) is 83.1 Å². The van der Waals surface area contributed by atoms with Gasteiger partial charge in [-0.3, -0.25) is 9.59 Å². The molecule has 1 saturated heterocycles. The minimum atomic E-state index is -0.650. The Balaban J connectivity index is 1.18. The number of likely N-dealkylation sites (N-methyl/N-ethyl adjacent to an activating group) is 1. The third-order valence-corrected chi connectivity index (χ3v) is 5.60. The maximum atomic E-state index is 12.1. The van der Waals surface area contributed by atoms with Crippen molar-refractivity contribution in [2.75, 3.05) is 51.5 Å². The Morgan fingerprint density at radius 2 is 1.55 bits per heavy atom. The van der Waals surface area contributed by atoms with Gasteiger partial charge in [0, 0.05) is 45.0 Å². The zero-order chi connectivity index (χ0) is 21.6. The number of rotatable bonds is 6. The number of benzene rings is 2. The lowest BCUT2D eigenvalue weighted by Gasteiger charge is -2.34. The highest BCUT2D eigenvalue weighted by molar-refractivity contribution is 6.35. The molecule has 0 aromatic heterocycles. The lowest BCUT2D eigenvalue weighted by atomic mass is 10.1. The fraction of sp³-hybridized carbons (Fsp3) is 0.391. The molecule has 2 heterocycles. The van der Waals surface area contributed by atoms with Gasteiger partial charge < -0.3 is 29.9 Å². The van der Waals surface area contributed by atoms with Gasteiger partial charge in [0.2, 0.25) is 6.79 Å². The maximum absolute atomic E-state index is 12.1. The lowest BCUT2D eigenvalue weighted by molar-refractivity contribution is -0.139. The molecule has 8 nitrogen and oxygen atoms in total. The van der Waals surface area contributed by atoms with E-state index in [1.165, 1.54) is 5.69 Å². The number of nitrogens with one attached hydrogen (secondary N) is 2. The molecule has 31 heavy (non-hydrogen) atoms. The van der Waals surface area contributed by atoms with Gasteiger partial charge in [-0.25, -0.2) is 0 Å². The second kappa shape index (κ2) is 9.70. The highest BCUT2D eigenvalue weighted by atomic mass is 16.7. The molecule has 0 atom stereocenters. The van der Waals surface area contributed by atoms with E-state index in [4.69, 9.17) is 9.47 Å². The molecule has 0 saturated carbocycles. The molecule has 4 rings (SSSR count). The van der Waals surface area contributed by atoms with Gasteiger partial charge in [0.25, 0.3) is 0 Å². The molecule has 0 radical (unpaired) electrons. The summed E-state index contributed by atoms with van der Waals surface area (Å²) in [6.07, 6.45) is 0.671. The third kappa shape index (κ3) is 5.46. The summed E-state index contributed by atoms with van der Waals surface area (Å²) in [6.45, 7) is 5.07. The first-order chi connectivity index (χ1) is 15.1. The van der Waals surface area contributed by atoms with Gasteiger partial charge >= 0.3 is 11.8 Å². The number of ether oxygens (including phenoxy) is 2. The predicted molar refractivity (Wildman–Crippen MR) is 117 cm³/mol. The number of piperazine rings is 1. The zero-order valence-corrected chi connectivity index (χ0v) is 17.7. The fourth-order valence-electron chi connectivity index (χ4n) is 3.65. The lowest BCUT2D eigenvalue weighted by Crippen LogP contribution is -2.44. The minimum Gasteiger partial charge on any atom is -0.454 e. The second-order valence-electron chi connectivity index (χ2n) is 7.83. The zero-order valence-electron chi connectivity index (χ0n) is 17.7. The van der Waals surface area contributed by atoms with Crippen molar-refractivity contribution in [2.45, 2.75) is 13.0 Å². The van der Waals surface area contributed by atoms with Crippen LogP contribution >= 0.6 is 0 Å². The van der Waals surface area contributed by atoms with E-state index in [9.17, 15) is 9.59 Å². The van der Waals surface area contributed by atoms with Crippen LogP contribution in [0.4, 0.5) is 5.69 Å². The van der Waals surface area contributed by atoms with Crippen LogP contribution in [0.5, 0.6) is 11.5 Å². The standard InChI is InChI=1S/C23H28N4O4/c1-26-10-12-27(13-11-26)19-5-2-17(3-6-19)8-9-24-22(28)23(29)25-15-18-4-7-20-21(14-18)31-16-30-20/h2-7,14H,8-13,15-16H2,1H3,(H,24,28)(H,25,29). The Hall–Kier alpha value is -3.26. The molecule has 2 aromatic rings. The average molecular weight is 425 g/mol. The normalized spacial score (nSPS) is 15.6. The third-order valence-electron chi connectivity index (χ3n) is 5.60. The molecular weight excluding hydrogens is 396 g/mol. The Bertz CT molecular complexity index is 924. The molecule has 164 valence electrons. The van der Waals surface area contributed by atoms with Crippen LogP contribution < -0.4 is 25.0 Å². The Morgan fingerprint density at radius 3 is 2.32 bits per heavy atom. The molecule has 8 heteroatoms. The fourth-order valence-corrected chi connectivity index (χ4v) is 3.65. The van der Waals surface area contributed by atoms with Gasteiger partial charge in [0.05, 0.1) is 0 Å². The first-order valence-corrected chi connectivity index (χ1v) is 10.6. The van der Waals surface area contributed by atoms with Crippen LogP contribution in [-0.4, -0.2) is 63.3 Å². The monoisotopic (exact) mass is 424 g/mol. The van der Waals surface area contributed by atoms with Crippen molar-refractivity contribution in [3.05, 3.63) is 53.6 Å². The van der Waals surface area contributed by atoms with Gasteiger partial charge in [0.1, 0.15) is 0 Å². The van der Waals surface area contributed by atoms with Crippen molar-refractivity contribution in [1.82, 2.24) is 15.5 Å². The van der Waals surface area contributed by atoms with Crippen LogP contribution in [0.3, 0.4) is 0 Å². The number of carbonyl (C=O) groups excluding carboxylic acids is 2. The van der Waals surface area contributed by atoms with E-state index < -0.39 is 11.8 Å². The SMILES string of the molecule is CN1CCN(c2ccc(CCNC(=O)C(=O)NCc3ccc4c(c3)OCO4)cc2)CC1. The van der Waals surface area contributed by atoms with Crippen molar-refractivity contribution in [3.63, 3.8) is 0 Å². The highest BCUT2D eigenvalue weighted by Crippen LogP contribution is 2.32. The largest absolute Gasteiger partial charge is 0.454 e. The molecule has 2 amide bonds. The van der Waals surface area contributed by atoms with Gasteiger partial charge in [-0.15, -0.1) is 0 Å². The van der Waals surface area contributed by atoms with Crippen LogP contribution in [0.15, 0.2) is 42.5 Å². The molecule has 2 N–H and O–H groups in total. The van der Waals surface area contributed by atoms with E-state index in [2.05, 4.69) is 51.7 Å². The summed E-state index contributed by atoms with van der Waals surface area (Å²) in [6, 6.07) is 13.8. The molecule has 2 aromatic carbocycles. The van der Waals surface area contributed by atoms with Gasteiger partial charge in [-0.1, -0.05) is 18.2 Å². The summed E-state index contributed by atoms with van der Waals surface area (Å²) < 4.78 is 10.6. The first-order valence-electron chi connectivity index (χ1n) is 10.6. The summed E-state index contributed by atoms with van der Waals surface area (Å²) in [5.41, 5.74) is 3.19. The summed E-state index contributed by atoms with van der Waals surface area (Å²) in [5, 5.41) is 5.31. The Morgan fingerprint density at radius 1 is 0.871 bits per heavy atom. The smallest absolute Gasteiger partial charge is 0.309 e. The maximum Gasteiger partial charge on any atom is 0.309 e. The Kier molecular flexibility index (Phi) is 6.57. The van der Waals surface area contributed by atoms with Crippen molar-refractivity contribution >= 4 is 17.5 Å². The van der Waals surface area contributed by atoms with E-state index >= 15 is 0 Å². The molecule has 2 aliphatic rings. The number of hydrogen-bond donors (Lipinski definition) is 2. The molecule has 0 spiro atoms. The number of nitrogens with zero attached hydrogens (tertiary/aromatic N) is 2. The molecular formula is C23H28N4O4. The summed E-state index contributed by atoms with van der Waals surface area (Å²) in [5.74, 6) is 0.0529. The van der Waals surface area contributed by atoms with Crippen molar-refractivity contribution in [3.8, 4) is 11.5 Å². The van der Waals surface area contributed by atoms with E-state index in [1.54, 1.807) is 12.1 Å². The molecule has 0 aliphatic carbocycles. The highest BCUT2D eigenvalue weighted by Gasteiger charge is 2.16. The van der Waals surface area contributed by atoms with Crippen LogP contribution in [-0.2, 0) is 22.6 Å². The number of fused-ring (bicyclic) bond motifs is 1. The van der Waals surface area contributed by atoms with Gasteiger partial charge in [-0.2, -0.15) is 0 Å². The number of carbonyl (C=O) groups is 2. The molecule has 0 unspecified atom stereocenters. The van der Waals surface area contributed by atoms with Gasteiger partial charge in [-0.05, 0) is 48.9 Å². The minimum absolute atomic E-state index is 0.201.